The fourth-order valence-electron chi connectivity index (χ4n) is 6.49. The van der Waals surface area contributed by atoms with E-state index in [4.69, 9.17) is 32.5 Å². The molecule has 1 unspecified atom stereocenters. The smallest absolute Gasteiger partial charge is 0.319 e. The highest BCUT2D eigenvalue weighted by Crippen LogP contribution is 2.51. The first-order valence-electron chi connectivity index (χ1n) is 14.9. The van der Waals surface area contributed by atoms with Crippen molar-refractivity contribution in [3.05, 3.63) is 58.2 Å². The molecule has 5 aromatic rings. The molecule has 0 spiro atoms. The van der Waals surface area contributed by atoms with Gasteiger partial charge in [-0.05, 0) is 44.1 Å². The Morgan fingerprint density at radius 2 is 2.00 bits per heavy atom. The lowest BCUT2D eigenvalue weighted by molar-refractivity contribution is 0.110. The van der Waals surface area contributed by atoms with Crippen LogP contribution in [0.5, 0.6) is 11.8 Å². The zero-order chi connectivity index (χ0) is 33.9. The maximum Gasteiger partial charge on any atom is 0.319 e. The molecule has 2 aromatic carbocycles. The quantitative estimate of drug-likeness (QED) is 0.180. The molecule has 0 aliphatic carbocycles. The number of anilines is 3. The second-order valence-electron chi connectivity index (χ2n) is 11.5. The molecule has 3 aromatic heterocycles. The van der Waals surface area contributed by atoms with Crippen LogP contribution in [0.2, 0.25) is 5.02 Å². The lowest BCUT2D eigenvalue weighted by Gasteiger charge is -2.32. The normalized spacial score (nSPS) is 17.1. The van der Waals surface area contributed by atoms with Crippen LogP contribution >= 0.6 is 22.9 Å². The minimum absolute atomic E-state index is 0.0359. The first-order chi connectivity index (χ1) is 23.1. The summed E-state index contributed by atoms with van der Waals surface area (Å²) >= 11 is 7.77. The minimum atomic E-state index is -2.99. The summed E-state index contributed by atoms with van der Waals surface area (Å²) in [7, 11) is 1.96. The largest absolute Gasteiger partial charge is 0.489 e. The van der Waals surface area contributed by atoms with E-state index in [0.717, 1.165) is 36.8 Å². The zero-order valence-corrected chi connectivity index (χ0v) is 26.9. The molecule has 2 aliphatic heterocycles. The van der Waals surface area contributed by atoms with Crippen molar-refractivity contribution in [2.24, 2.45) is 0 Å². The van der Waals surface area contributed by atoms with Gasteiger partial charge in [-0.3, -0.25) is 0 Å². The number of nitrogen functional groups attached to an aromatic ring is 2. The number of aromatic nitrogens is 3. The van der Waals surface area contributed by atoms with Crippen molar-refractivity contribution >= 4 is 60.6 Å². The van der Waals surface area contributed by atoms with Gasteiger partial charge in [0.2, 0.25) is 0 Å². The standard InChI is InChI=1S/C32H27ClF4N8O2S/c1-44-9-3-4-14(44)13-47-32-42-24-21-26(46-11-10-45(31(21)43-32)25(28(36)37)16-5-2-8-41-29(16)39)22(33)20(23(24)35)15-6-7-18(34)27-19(15)17(12-38)30(40)48-27/h2,5-8,14,25,28H,3-4,9-11,13,40H2,1H3,(H2,39,41)/t14-,25?/m0/s1. The van der Waals surface area contributed by atoms with E-state index in [1.54, 1.807) is 0 Å². The Kier molecular flexibility index (Phi) is 8.26. The van der Waals surface area contributed by atoms with E-state index in [9.17, 15) is 9.65 Å². The number of benzene rings is 2. The number of alkyl halides is 2. The number of ether oxygens (including phenoxy) is 2. The van der Waals surface area contributed by atoms with E-state index in [-0.39, 0.29) is 102 Å². The van der Waals surface area contributed by atoms with E-state index in [0.29, 0.717) is 0 Å². The van der Waals surface area contributed by atoms with Crippen LogP contribution < -0.4 is 25.8 Å². The Hall–Kier alpha value is -4.65. The van der Waals surface area contributed by atoms with Crippen LogP contribution in [0.4, 0.5) is 34.2 Å². The van der Waals surface area contributed by atoms with Crippen LogP contribution in [0, 0.1) is 23.0 Å². The molecule has 0 bridgehead atoms. The van der Waals surface area contributed by atoms with E-state index < -0.39 is 24.1 Å². The van der Waals surface area contributed by atoms with Gasteiger partial charge >= 0.3 is 6.01 Å². The predicted molar refractivity (Wildman–Crippen MR) is 176 cm³/mol. The van der Waals surface area contributed by atoms with Crippen LogP contribution in [0.3, 0.4) is 0 Å². The molecule has 1 fully saturated rings. The second-order valence-corrected chi connectivity index (χ2v) is 13.0. The van der Waals surface area contributed by atoms with Crippen molar-refractivity contribution in [1.29, 1.82) is 5.26 Å². The molecule has 5 heterocycles. The Balaban J connectivity index is 1.50. The van der Waals surface area contributed by atoms with Gasteiger partial charge in [-0.1, -0.05) is 23.7 Å². The number of halogens is 5. The summed E-state index contributed by atoms with van der Waals surface area (Å²) in [6.45, 7) is 0.730. The summed E-state index contributed by atoms with van der Waals surface area (Å²) < 4.78 is 74.2. The molecule has 4 N–H and O–H groups in total. The number of hydrogen-bond acceptors (Lipinski definition) is 11. The molecule has 16 heteroatoms. The van der Waals surface area contributed by atoms with Gasteiger partial charge in [-0.2, -0.15) is 15.2 Å². The lowest BCUT2D eigenvalue weighted by atomic mass is 9.96. The van der Waals surface area contributed by atoms with Crippen LogP contribution in [0.15, 0.2) is 30.5 Å². The molecular formula is C32H27ClF4N8O2S. The summed E-state index contributed by atoms with van der Waals surface area (Å²) in [6.07, 6.45) is 0.222. The molecule has 2 atom stereocenters. The summed E-state index contributed by atoms with van der Waals surface area (Å²) in [4.78, 5) is 16.4. The van der Waals surface area contributed by atoms with Crippen molar-refractivity contribution < 1.29 is 27.0 Å². The Bertz CT molecular complexity index is 2130. The first-order valence-corrected chi connectivity index (χ1v) is 16.1. The van der Waals surface area contributed by atoms with Gasteiger partial charge in [0.05, 0.1) is 27.2 Å². The third-order valence-corrected chi connectivity index (χ3v) is 10.2. The average molecular weight is 699 g/mol. The van der Waals surface area contributed by atoms with E-state index in [1.807, 2.05) is 13.1 Å². The van der Waals surface area contributed by atoms with Crippen molar-refractivity contribution in [2.75, 3.05) is 49.7 Å². The molecule has 0 amide bonds. The van der Waals surface area contributed by atoms with Crippen LogP contribution in [-0.4, -0.2) is 65.7 Å². The third kappa shape index (κ3) is 5.15. The van der Waals surface area contributed by atoms with Gasteiger partial charge in [-0.15, -0.1) is 11.3 Å². The number of fused-ring (bicyclic) bond motifs is 1. The van der Waals surface area contributed by atoms with E-state index >= 15 is 13.2 Å². The first kappa shape index (κ1) is 31.9. The molecule has 1 saturated heterocycles. The summed E-state index contributed by atoms with van der Waals surface area (Å²) in [5.74, 6) is -1.92. The number of likely N-dealkylation sites (N-methyl/N-ethyl adjacent to an activating group) is 1. The highest BCUT2D eigenvalue weighted by molar-refractivity contribution is 7.23. The molecule has 248 valence electrons. The number of nitriles is 1. The third-order valence-electron chi connectivity index (χ3n) is 8.83. The van der Waals surface area contributed by atoms with Crippen molar-refractivity contribution in [3.63, 3.8) is 0 Å². The number of pyridine rings is 1. The van der Waals surface area contributed by atoms with E-state index in [1.165, 1.54) is 29.3 Å². The molecule has 48 heavy (non-hydrogen) atoms. The average Bonchev–Trinajstić information content (AvgIpc) is 3.57. The topological polar surface area (TPSA) is 139 Å². The minimum Gasteiger partial charge on any atom is -0.489 e. The lowest BCUT2D eigenvalue weighted by Crippen LogP contribution is -2.37. The fourth-order valence-corrected chi connectivity index (χ4v) is 7.77. The summed E-state index contributed by atoms with van der Waals surface area (Å²) in [6, 6.07) is 5.44. The Morgan fingerprint density at radius 1 is 1.19 bits per heavy atom. The van der Waals surface area contributed by atoms with Crippen LogP contribution in [0.1, 0.15) is 30.0 Å². The van der Waals surface area contributed by atoms with Crippen molar-refractivity contribution in [1.82, 2.24) is 19.9 Å². The number of thiophene rings is 1. The monoisotopic (exact) mass is 698 g/mol. The number of nitrogens with zero attached hydrogens (tertiary/aromatic N) is 6. The van der Waals surface area contributed by atoms with Crippen LogP contribution in [-0.2, 0) is 0 Å². The second kappa shape index (κ2) is 12.4. The van der Waals surface area contributed by atoms with E-state index in [2.05, 4.69) is 19.9 Å². The SMILES string of the molecule is CN1CCC[C@H]1COc1nc2c3c(c(Cl)c(-c4ccc(F)c5sc(N)c(C#N)c45)c(F)c3n1)OCCN2C(c1cccnc1N)C(F)F. The zero-order valence-electron chi connectivity index (χ0n) is 25.3. The maximum atomic E-state index is 17.1. The fraction of sp³-hybridized carbons (Fsp3) is 0.312. The van der Waals surface area contributed by atoms with Crippen LogP contribution in [0.25, 0.3) is 32.1 Å². The number of hydrogen-bond donors (Lipinski definition) is 2. The van der Waals surface area contributed by atoms with Gasteiger partial charge in [-0.25, -0.2) is 22.5 Å². The molecule has 0 saturated carbocycles. The molecule has 7 rings (SSSR count). The highest BCUT2D eigenvalue weighted by Gasteiger charge is 2.38. The maximum absolute atomic E-state index is 17.1. The predicted octanol–water partition coefficient (Wildman–Crippen LogP) is 6.55. The highest BCUT2D eigenvalue weighted by atomic mass is 35.5. The Labute approximate surface area is 280 Å². The van der Waals surface area contributed by atoms with Gasteiger partial charge < -0.3 is 30.7 Å². The summed E-state index contributed by atoms with van der Waals surface area (Å²) in [5, 5.41) is 9.69. The summed E-state index contributed by atoms with van der Waals surface area (Å²) in [5.41, 5.74) is 11.6. The van der Waals surface area contributed by atoms with Gasteiger partial charge in [0.1, 0.15) is 53.3 Å². The van der Waals surface area contributed by atoms with Crippen molar-refractivity contribution in [3.8, 4) is 29.0 Å². The van der Waals surface area contributed by atoms with Gasteiger partial charge in [0.15, 0.2) is 11.6 Å². The number of nitrogens with two attached hydrogens (primary N) is 2. The molecule has 10 nitrogen and oxygen atoms in total. The number of likely N-dealkylation sites (tertiary alicyclic amines) is 1. The molecule has 2 aliphatic rings. The Morgan fingerprint density at radius 3 is 2.71 bits per heavy atom. The van der Waals surface area contributed by atoms with Crippen molar-refractivity contribution in [2.45, 2.75) is 31.4 Å². The van der Waals surface area contributed by atoms with Gasteiger partial charge in [0.25, 0.3) is 6.43 Å². The molecular weight excluding hydrogens is 672 g/mol. The number of rotatable bonds is 7. The molecule has 0 radical (unpaired) electrons. The van der Waals surface area contributed by atoms with Gasteiger partial charge in [0, 0.05) is 28.8 Å².